The fraction of sp³-hybridized carbons (Fsp3) is 0.760. The van der Waals surface area contributed by atoms with E-state index in [1.807, 2.05) is 0 Å². The van der Waals surface area contributed by atoms with Crippen LogP contribution in [0.1, 0.15) is 68.9 Å². The third-order valence-electron chi connectivity index (χ3n) is 8.41. The van der Waals surface area contributed by atoms with Gasteiger partial charge in [-0.3, -0.25) is 0 Å². The average molecular weight is 400 g/mol. The number of aryl methyl sites for hydroxylation is 1. The minimum Gasteiger partial charge on any atom is -0.497 e. The maximum atomic E-state index is 5.56. The molecule has 0 saturated heterocycles. The summed E-state index contributed by atoms with van der Waals surface area (Å²) in [7, 11) is 1.78. The normalized spacial score (nSPS) is 33.1. The number of fused-ring (bicyclic) bond motifs is 5. The highest BCUT2D eigenvalue weighted by molar-refractivity contribution is 5.40. The third-order valence-corrected chi connectivity index (χ3v) is 8.41. The van der Waals surface area contributed by atoms with Gasteiger partial charge >= 0.3 is 0 Å². The molecular weight excluding hydrogens is 358 g/mol. The van der Waals surface area contributed by atoms with E-state index in [2.05, 4.69) is 35.8 Å². The first-order chi connectivity index (χ1) is 14.2. The summed E-state index contributed by atoms with van der Waals surface area (Å²) in [6.45, 7) is 6.68. The summed E-state index contributed by atoms with van der Waals surface area (Å²) in [4.78, 5) is 0. The summed E-state index contributed by atoms with van der Waals surface area (Å²) in [5.41, 5.74) is 9.22. The Morgan fingerprint density at radius 2 is 1.97 bits per heavy atom. The second-order valence-electron chi connectivity index (χ2n) is 9.85. The Bertz CT molecular complexity index is 678. The standard InChI is InChI=1S/C25H41N3O/c1-25-12-11-21-20-8-6-19(29-2)17-18(20)5-7-22(21)23(25)9-10-24(25)28-16-4-15-27-14-3-13-26/h6,8,17,21-24,27-28H,3-5,7,9-16,26H2,1-2H3/t21-,22-,23+,24+,25+/m1/s1. The van der Waals surface area contributed by atoms with Gasteiger partial charge in [0.15, 0.2) is 0 Å². The quantitative estimate of drug-likeness (QED) is 0.552. The molecule has 1 aromatic carbocycles. The molecule has 5 atom stereocenters. The van der Waals surface area contributed by atoms with Crippen LogP contribution in [-0.2, 0) is 6.42 Å². The predicted octanol–water partition coefficient (Wildman–Crippen LogP) is 3.84. The lowest BCUT2D eigenvalue weighted by Crippen LogP contribution is -2.49. The highest BCUT2D eigenvalue weighted by atomic mass is 16.5. The maximum absolute atomic E-state index is 5.56. The van der Waals surface area contributed by atoms with Crippen LogP contribution in [0.3, 0.4) is 0 Å². The molecule has 162 valence electrons. The fourth-order valence-electron chi connectivity index (χ4n) is 6.86. The molecule has 2 fully saturated rings. The molecule has 1 aromatic rings. The number of nitrogens with one attached hydrogen (secondary N) is 2. The van der Waals surface area contributed by atoms with Crippen molar-refractivity contribution in [3.63, 3.8) is 0 Å². The summed E-state index contributed by atoms with van der Waals surface area (Å²) in [5.74, 6) is 3.55. The van der Waals surface area contributed by atoms with Crippen LogP contribution in [0.15, 0.2) is 18.2 Å². The van der Waals surface area contributed by atoms with Crippen LogP contribution in [0.25, 0.3) is 0 Å². The zero-order valence-corrected chi connectivity index (χ0v) is 18.5. The van der Waals surface area contributed by atoms with Crippen molar-refractivity contribution >= 4 is 0 Å². The maximum Gasteiger partial charge on any atom is 0.119 e. The van der Waals surface area contributed by atoms with Crippen molar-refractivity contribution in [2.45, 2.75) is 70.3 Å². The number of rotatable bonds is 9. The second kappa shape index (κ2) is 9.36. The van der Waals surface area contributed by atoms with E-state index in [0.717, 1.165) is 56.1 Å². The molecule has 0 unspecified atom stereocenters. The molecule has 2 saturated carbocycles. The van der Waals surface area contributed by atoms with E-state index in [0.29, 0.717) is 11.5 Å². The summed E-state index contributed by atoms with van der Waals surface area (Å²) in [6, 6.07) is 7.54. The first-order valence-electron chi connectivity index (χ1n) is 12.0. The molecule has 0 amide bonds. The molecule has 4 heteroatoms. The second-order valence-corrected chi connectivity index (χ2v) is 9.85. The molecular formula is C25H41N3O. The Morgan fingerprint density at radius 1 is 1.10 bits per heavy atom. The van der Waals surface area contributed by atoms with Crippen molar-refractivity contribution in [3.05, 3.63) is 29.3 Å². The van der Waals surface area contributed by atoms with E-state index in [-0.39, 0.29) is 0 Å². The first kappa shape index (κ1) is 21.1. The topological polar surface area (TPSA) is 59.3 Å². The number of methoxy groups -OCH3 is 1. The van der Waals surface area contributed by atoms with Crippen molar-refractivity contribution < 1.29 is 4.74 Å². The zero-order chi connectivity index (χ0) is 20.3. The summed E-state index contributed by atoms with van der Waals surface area (Å²) in [6.07, 6.45) is 10.4. The molecule has 3 aliphatic rings. The van der Waals surface area contributed by atoms with Crippen molar-refractivity contribution in [2.24, 2.45) is 23.0 Å². The number of hydrogen-bond donors (Lipinski definition) is 3. The highest BCUT2D eigenvalue weighted by Gasteiger charge is 2.54. The van der Waals surface area contributed by atoms with Crippen LogP contribution in [0, 0.1) is 17.3 Å². The molecule has 29 heavy (non-hydrogen) atoms. The Kier molecular flexibility index (Phi) is 6.83. The molecule has 0 aliphatic heterocycles. The lowest BCUT2D eigenvalue weighted by Gasteiger charge is -2.51. The largest absolute Gasteiger partial charge is 0.497 e. The molecule has 0 aromatic heterocycles. The van der Waals surface area contributed by atoms with Crippen molar-refractivity contribution in [2.75, 3.05) is 33.3 Å². The molecule has 4 N–H and O–H groups in total. The Hall–Kier alpha value is -1.10. The van der Waals surface area contributed by atoms with Gasteiger partial charge in [-0.25, -0.2) is 0 Å². The number of ether oxygens (including phenoxy) is 1. The number of hydrogen-bond acceptors (Lipinski definition) is 4. The van der Waals surface area contributed by atoms with Crippen LogP contribution < -0.4 is 21.1 Å². The van der Waals surface area contributed by atoms with Gasteiger partial charge in [0, 0.05) is 6.04 Å². The van der Waals surface area contributed by atoms with Gasteiger partial charge in [0.25, 0.3) is 0 Å². The Balaban J connectivity index is 1.35. The first-order valence-corrected chi connectivity index (χ1v) is 12.0. The van der Waals surface area contributed by atoms with E-state index < -0.39 is 0 Å². The predicted molar refractivity (Wildman–Crippen MR) is 121 cm³/mol. The van der Waals surface area contributed by atoms with Gasteiger partial charge in [0.1, 0.15) is 5.75 Å². The lowest BCUT2D eigenvalue weighted by molar-refractivity contribution is 0.0412. The number of benzene rings is 1. The van der Waals surface area contributed by atoms with E-state index in [4.69, 9.17) is 10.5 Å². The Labute approximate surface area is 177 Å². The van der Waals surface area contributed by atoms with Gasteiger partial charge < -0.3 is 21.1 Å². The van der Waals surface area contributed by atoms with E-state index in [9.17, 15) is 0 Å². The van der Waals surface area contributed by atoms with Crippen LogP contribution in [0.5, 0.6) is 5.75 Å². The fourth-order valence-corrected chi connectivity index (χ4v) is 6.86. The molecule has 4 rings (SSSR count). The van der Waals surface area contributed by atoms with Gasteiger partial charge in [-0.15, -0.1) is 0 Å². The molecule has 0 radical (unpaired) electrons. The van der Waals surface area contributed by atoms with Crippen molar-refractivity contribution in [1.29, 1.82) is 0 Å². The minimum absolute atomic E-state index is 0.484. The Morgan fingerprint density at radius 3 is 2.79 bits per heavy atom. The van der Waals surface area contributed by atoms with Crippen LogP contribution >= 0.6 is 0 Å². The lowest BCUT2D eigenvalue weighted by atomic mass is 9.55. The smallest absolute Gasteiger partial charge is 0.119 e. The molecule has 3 aliphatic carbocycles. The monoisotopic (exact) mass is 399 g/mol. The van der Waals surface area contributed by atoms with Crippen LogP contribution in [0.4, 0.5) is 0 Å². The minimum atomic E-state index is 0.484. The molecule has 0 spiro atoms. The van der Waals surface area contributed by atoms with E-state index in [1.165, 1.54) is 44.9 Å². The van der Waals surface area contributed by atoms with Crippen molar-refractivity contribution in [3.8, 4) is 5.75 Å². The van der Waals surface area contributed by atoms with Gasteiger partial charge in [-0.1, -0.05) is 13.0 Å². The van der Waals surface area contributed by atoms with E-state index in [1.54, 1.807) is 18.2 Å². The molecule has 4 nitrogen and oxygen atoms in total. The zero-order valence-electron chi connectivity index (χ0n) is 18.5. The average Bonchev–Trinajstić information content (AvgIpc) is 3.08. The van der Waals surface area contributed by atoms with Crippen molar-refractivity contribution in [1.82, 2.24) is 10.6 Å². The summed E-state index contributed by atoms with van der Waals surface area (Å²) < 4.78 is 5.47. The molecule has 0 bridgehead atoms. The van der Waals surface area contributed by atoms with Gasteiger partial charge in [0.05, 0.1) is 7.11 Å². The SMILES string of the molecule is COc1ccc2c(c1)CC[C@@H]1[C@@H]2CC[C@]2(C)[C@@H](NCCCNCCCN)CC[C@@H]12. The van der Waals surface area contributed by atoms with Gasteiger partial charge in [-0.05, 0) is 124 Å². The van der Waals surface area contributed by atoms with E-state index >= 15 is 0 Å². The van der Waals surface area contributed by atoms with Gasteiger partial charge in [-0.2, -0.15) is 0 Å². The van der Waals surface area contributed by atoms with Crippen LogP contribution in [0.2, 0.25) is 0 Å². The third kappa shape index (κ3) is 4.22. The van der Waals surface area contributed by atoms with Crippen LogP contribution in [-0.4, -0.2) is 39.3 Å². The number of nitrogens with two attached hydrogens (primary N) is 1. The highest BCUT2D eigenvalue weighted by Crippen LogP contribution is 2.60. The summed E-state index contributed by atoms with van der Waals surface area (Å²) >= 11 is 0. The summed E-state index contributed by atoms with van der Waals surface area (Å²) in [5, 5.41) is 7.46. The van der Waals surface area contributed by atoms with Gasteiger partial charge in [0.2, 0.25) is 0 Å². The molecule has 0 heterocycles.